The molecule has 0 fully saturated rings. The van der Waals surface area contributed by atoms with Gasteiger partial charge in [0.1, 0.15) is 0 Å². The van der Waals surface area contributed by atoms with Crippen LogP contribution >= 0.6 is 12.4 Å². The summed E-state index contributed by atoms with van der Waals surface area (Å²) in [5, 5.41) is 2.72. The SMILES string of the molecule is C=CCNC(=O)CCc1ccccc1N.Cl. The van der Waals surface area contributed by atoms with Gasteiger partial charge in [-0.3, -0.25) is 4.79 Å². The third kappa shape index (κ3) is 4.84. The zero-order valence-electron chi connectivity index (χ0n) is 9.11. The number of nitrogens with two attached hydrogens (primary N) is 1. The van der Waals surface area contributed by atoms with Gasteiger partial charge in [-0.25, -0.2) is 0 Å². The summed E-state index contributed by atoms with van der Waals surface area (Å²) in [6.45, 7) is 4.05. The fourth-order valence-corrected chi connectivity index (χ4v) is 1.28. The predicted molar refractivity (Wildman–Crippen MR) is 69.6 cm³/mol. The first-order valence-electron chi connectivity index (χ1n) is 4.95. The number of carbonyl (C=O) groups is 1. The number of benzene rings is 1. The molecule has 0 aromatic heterocycles. The van der Waals surface area contributed by atoms with Crippen LogP contribution in [0.25, 0.3) is 0 Å². The Morgan fingerprint density at radius 2 is 2.12 bits per heavy atom. The van der Waals surface area contributed by atoms with E-state index >= 15 is 0 Å². The minimum absolute atomic E-state index is 0. The molecule has 0 aliphatic heterocycles. The number of rotatable bonds is 5. The van der Waals surface area contributed by atoms with E-state index in [1.807, 2.05) is 24.3 Å². The summed E-state index contributed by atoms with van der Waals surface area (Å²) in [5.41, 5.74) is 7.52. The standard InChI is InChI=1S/C12H16N2O.ClH/c1-2-9-14-12(15)8-7-10-5-3-4-6-11(10)13;/h2-6H,1,7-9,13H2,(H,14,15);1H. The molecule has 0 aliphatic carbocycles. The highest BCUT2D eigenvalue weighted by Crippen LogP contribution is 2.12. The van der Waals surface area contributed by atoms with Crippen molar-refractivity contribution in [3.63, 3.8) is 0 Å². The molecule has 0 unspecified atom stereocenters. The van der Waals surface area contributed by atoms with Crippen molar-refractivity contribution in [1.29, 1.82) is 0 Å². The average molecular weight is 241 g/mol. The van der Waals surface area contributed by atoms with Crippen LogP contribution in [-0.4, -0.2) is 12.5 Å². The molecule has 88 valence electrons. The molecular weight excluding hydrogens is 224 g/mol. The van der Waals surface area contributed by atoms with Gasteiger partial charge in [0.25, 0.3) is 0 Å². The van der Waals surface area contributed by atoms with Crippen molar-refractivity contribution in [1.82, 2.24) is 5.32 Å². The quantitative estimate of drug-likeness (QED) is 0.610. The third-order valence-electron chi connectivity index (χ3n) is 2.12. The van der Waals surface area contributed by atoms with Gasteiger partial charge in [0.05, 0.1) is 0 Å². The second-order valence-corrected chi connectivity index (χ2v) is 3.29. The van der Waals surface area contributed by atoms with Crippen LogP contribution in [0.2, 0.25) is 0 Å². The minimum Gasteiger partial charge on any atom is -0.399 e. The topological polar surface area (TPSA) is 55.1 Å². The van der Waals surface area contributed by atoms with E-state index in [4.69, 9.17) is 5.73 Å². The first kappa shape index (κ1) is 14.5. The van der Waals surface area contributed by atoms with Crippen molar-refractivity contribution in [2.24, 2.45) is 0 Å². The summed E-state index contributed by atoms with van der Waals surface area (Å²) in [6.07, 6.45) is 2.80. The number of hydrogen-bond acceptors (Lipinski definition) is 2. The Morgan fingerprint density at radius 3 is 2.75 bits per heavy atom. The Morgan fingerprint density at radius 1 is 1.44 bits per heavy atom. The van der Waals surface area contributed by atoms with E-state index in [9.17, 15) is 4.79 Å². The first-order chi connectivity index (χ1) is 7.24. The molecule has 1 aromatic rings. The van der Waals surface area contributed by atoms with Crippen molar-refractivity contribution >= 4 is 24.0 Å². The number of anilines is 1. The van der Waals surface area contributed by atoms with Gasteiger partial charge in [-0.2, -0.15) is 0 Å². The van der Waals surface area contributed by atoms with Crippen molar-refractivity contribution in [2.75, 3.05) is 12.3 Å². The second kappa shape index (κ2) is 7.77. The highest BCUT2D eigenvalue weighted by atomic mass is 35.5. The Labute approximate surface area is 102 Å². The molecule has 0 radical (unpaired) electrons. The molecule has 0 bridgehead atoms. The van der Waals surface area contributed by atoms with Crippen LogP contribution in [0.1, 0.15) is 12.0 Å². The lowest BCUT2D eigenvalue weighted by Crippen LogP contribution is -2.23. The molecule has 0 aliphatic rings. The van der Waals surface area contributed by atoms with Crippen LogP contribution in [0.5, 0.6) is 0 Å². The molecule has 0 saturated heterocycles. The van der Waals surface area contributed by atoms with Crippen molar-refractivity contribution in [2.45, 2.75) is 12.8 Å². The van der Waals surface area contributed by atoms with Gasteiger partial charge < -0.3 is 11.1 Å². The lowest BCUT2D eigenvalue weighted by Gasteiger charge is -2.05. The Balaban J connectivity index is 0.00000225. The number of nitrogens with one attached hydrogen (secondary N) is 1. The predicted octanol–water partition coefficient (Wildman–Crippen LogP) is 1.93. The average Bonchev–Trinajstić information content (AvgIpc) is 2.25. The van der Waals surface area contributed by atoms with Crippen molar-refractivity contribution < 1.29 is 4.79 Å². The monoisotopic (exact) mass is 240 g/mol. The molecule has 0 atom stereocenters. The van der Waals surface area contributed by atoms with E-state index in [2.05, 4.69) is 11.9 Å². The largest absolute Gasteiger partial charge is 0.399 e. The molecular formula is C12H17ClN2O. The zero-order chi connectivity index (χ0) is 11.1. The normalized spacial score (nSPS) is 9.00. The molecule has 3 N–H and O–H groups in total. The number of hydrogen-bond donors (Lipinski definition) is 2. The smallest absolute Gasteiger partial charge is 0.220 e. The van der Waals surface area contributed by atoms with Gasteiger partial charge in [-0.05, 0) is 18.1 Å². The Bertz CT molecular complexity index is 353. The van der Waals surface area contributed by atoms with E-state index < -0.39 is 0 Å². The zero-order valence-corrected chi connectivity index (χ0v) is 9.93. The molecule has 1 rings (SSSR count). The molecule has 3 nitrogen and oxygen atoms in total. The number of nitrogen functional groups attached to an aromatic ring is 1. The van der Waals surface area contributed by atoms with Crippen molar-refractivity contribution in [3.8, 4) is 0 Å². The fourth-order valence-electron chi connectivity index (χ4n) is 1.28. The van der Waals surface area contributed by atoms with E-state index in [0.29, 0.717) is 19.4 Å². The van der Waals surface area contributed by atoms with E-state index in [1.54, 1.807) is 6.08 Å². The number of carbonyl (C=O) groups excluding carboxylic acids is 1. The maximum Gasteiger partial charge on any atom is 0.220 e. The molecule has 0 saturated carbocycles. The van der Waals surface area contributed by atoms with Crippen LogP contribution in [0.3, 0.4) is 0 Å². The van der Waals surface area contributed by atoms with E-state index in [-0.39, 0.29) is 18.3 Å². The lowest BCUT2D eigenvalue weighted by molar-refractivity contribution is -0.120. The molecule has 1 aromatic carbocycles. The number of amides is 1. The number of halogens is 1. The Kier molecular flexibility index (Phi) is 7.05. The highest BCUT2D eigenvalue weighted by molar-refractivity contribution is 5.85. The lowest BCUT2D eigenvalue weighted by atomic mass is 10.1. The summed E-state index contributed by atoms with van der Waals surface area (Å²) < 4.78 is 0. The van der Waals surface area contributed by atoms with E-state index in [0.717, 1.165) is 11.3 Å². The van der Waals surface area contributed by atoms with Gasteiger partial charge in [0.2, 0.25) is 5.91 Å². The Hall–Kier alpha value is -1.48. The second-order valence-electron chi connectivity index (χ2n) is 3.29. The van der Waals surface area contributed by atoms with Crippen LogP contribution in [0.15, 0.2) is 36.9 Å². The molecule has 0 heterocycles. The van der Waals surface area contributed by atoms with Gasteiger partial charge in [0, 0.05) is 18.7 Å². The first-order valence-corrected chi connectivity index (χ1v) is 4.95. The highest BCUT2D eigenvalue weighted by Gasteiger charge is 2.02. The van der Waals surface area contributed by atoms with Crippen molar-refractivity contribution in [3.05, 3.63) is 42.5 Å². The van der Waals surface area contributed by atoms with Gasteiger partial charge >= 0.3 is 0 Å². The van der Waals surface area contributed by atoms with Gasteiger partial charge in [-0.15, -0.1) is 19.0 Å². The van der Waals surface area contributed by atoms with Crippen LogP contribution in [-0.2, 0) is 11.2 Å². The van der Waals surface area contributed by atoms with Crippen LogP contribution in [0.4, 0.5) is 5.69 Å². The summed E-state index contributed by atoms with van der Waals surface area (Å²) in [6, 6.07) is 7.59. The summed E-state index contributed by atoms with van der Waals surface area (Å²) in [4.78, 5) is 11.3. The maximum atomic E-state index is 11.3. The van der Waals surface area contributed by atoms with E-state index in [1.165, 1.54) is 0 Å². The van der Waals surface area contributed by atoms with Gasteiger partial charge in [0.15, 0.2) is 0 Å². The number of para-hydroxylation sites is 1. The van der Waals surface area contributed by atoms with Crippen LogP contribution < -0.4 is 11.1 Å². The third-order valence-corrected chi connectivity index (χ3v) is 2.12. The molecule has 4 heteroatoms. The summed E-state index contributed by atoms with van der Waals surface area (Å²) in [7, 11) is 0. The molecule has 1 amide bonds. The summed E-state index contributed by atoms with van der Waals surface area (Å²) >= 11 is 0. The van der Waals surface area contributed by atoms with Crippen LogP contribution in [0, 0.1) is 0 Å². The molecule has 16 heavy (non-hydrogen) atoms. The minimum atomic E-state index is 0. The maximum absolute atomic E-state index is 11.3. The van der Waals surface area contributed by atoms with Gasteiger partial charge in [-0.1, -0.05) is 24.3 Å². The summed E-state index contributed by atoms with van der Waals surface area (Å²) in [5.74, 6) is 0.0261. The fraction of sp³-hybridized carbons (Fsp3) is 0.250. The number of aryl methyl sites for hydroxylation is 1. The molecule has 0 spiro atoms.